The predicted molar refractivity (Wildman–Crippen MR) is 94.4 cm³/mol. The Morgan fingerprint density at radius 1 is 1.25 bits per heavy atom. The first-order chi connectivity index (χ1) is 11.7. The molecule has 0 aliphatic carbocycles. The third-order valence-corrected chi connectivity index (χ3v) is 4.19. The maximum absolute atomic E-state index is 12.2. The van der Waals surface area contributed by atoms with Gasteiger partial charge in [-0.1, -0.05) is 30.3 Å². The molecule has 4 heteroatoms. The molecule has 1 N–H and O–H groups in total. The smallest absolute Gasteiger partial charge is 0.228 e. The van der Waals surface area contributed by atoms with E-state index in [4.69, 9.17) is 9.47 Å². The fraction of sp³-hybridized carbons (Fsp3) is 0.350. The average Bonchev–Trinajstić information content (AvgIpc) is 3.09. The summed E-state index contributed by atoms with van der Waals surface area (Å²) in [6.45, 7) is 3.39. The zero-order valence-electron chi connectivity index (χ0n) is 14.0. The predicted octanol–water partition coefficient (Wildman–Crippen LogP) is 3.73. The number of ether oxygens (including phenoxy) is 2. The molecular weight excluding hydrogens is 302 g/mol. The van der Waals surface area contributed by atoms with Crippen molar-refractivity contribution in [2.75, 3.05) is 18.5 Å². The molecule has 1 saturated heterocycles. The van der Waals surface area contributed by atoms with Gasteiger partial charge in [0.15, 0.2) is 0 Å². The number of carbonyl (C=O) groups is 1. The number of hydrogen-bond acceptors (Lipinski definition) is 3. The molecule has 2 aromatic rings. The lowest BCUT2D eigenvalue weighted by atomic mass is 10.1. The molecule has 126 valence electrons. The maximum atomic E-state index is 12.2. The Morgan fingerprint density at radius 2 is 2.12 bits per heavy atom. The molecule has 0 aromatic heterocycles. The lowest BCUT2D eigenvalue weighted by molar-refractivity contribution is -0.115. The lowest BCUT2D eigenvalue weighted by Gasteiger charge is -2.13. The number of carbonyl (C=O) groups excluding carboxylic acids is 1. The number of aryl methyl sites for hydroxylation is 1. The third-order valence-electron chi connectivity index (χ3n) is 4.19. The lowest BCUT2D eigenvalue weighted by Crippen LogP contribution is -2.17. The monoisotopic (exact) mass is 325 g/mol. The molecule has 1 aliphatic heterocycles. The molecule has 0 saturated carbocycles. The van der Waals surface area contributed by atoms with E-state index in [1.807, 2.05) is 55.5 Å². The third kappa shape index (κ3) is 4.59. The van der Waals surface area contributed by atoms with Gasteiger partial charge in [-0.3, -0.25) is 4.79 Å². The van der Waals surface area contributed by atoms with E-state index in [0.29, 0.717) is 13.0 Å². The molecule has 1 heterocycles. The van der Waals surface area contributed by atoms with Crippen molar-refractivity contribution in [2.24, 2.45) is 0 Å². The van der Waals surface area contributed by atoms with Crippen molar-refractivity contribution in [2.45, 2.75) is 32.3 Å². The van der Waals surface area contributed by atoms with Crippen molar-refractivity contribution in [1.29, 1.82) is 0 Å². The molecule has 0 radical (unpaired) electrons. The van der Waals surface area contributed by atoms with Gasteiger partial charge in [0, 0.05) is 18.4 Å². The van der Waals surface area contributed by atoms with Crippen LogP contribution in [0.1, 0.15) is 24.0 Å². The fourth-order valence-corrected chi connectivity index (χ4v) is 2.82. The molecule has 1 amide bonds. The van der Waals surface area contributed by atoms with Gasteiger partial charge in [0.25, 0.3) is 0 Å². The van der Waals surface area contributed by atoms with Gasteiger partial charge < -0.3 is 14.8 Å². The Hall–Kier alpha value is -2.33. The summed E-state index contributed by atoms with van der Waals surface area (Å²) in [6.07, 6.45) is 2.70. The van der Waals surface area contributed by atoms with E-state index in [-0.39, 0.29) is 12.0 Å². The van der Waals surface area contributed by atoms with Crippen molar-refractivity contribution < 1.29 is 14.3 Å². The van der Waals surface area contributed by atoms with E-state index in [9.17, 15) is 4.79 Å². The minimum Gasteiger partial charge on any atom is -0.491 e. The van der Waals surface area contributed by atoms with Crippen LogP contribution >= 0.6 is 0 Å². The molecule has 2 aromatic carbocycles. The summed E-state index contributed by atoms with van der Waals surface area (Å²) in [7, 11) is 0. The van der Waals surface area contributed by atoms with Gasteiger partial charge in [0.1, 0.15) is 12.4 Å². The van der Waals surface area contributed by atoms with Crippen molar-refractivity contribution in [1.82, 2.24) is 0 Å². The SMILES string of the molecule is Cc1ccccc1CC(=O)Nc1cccc(OC[C@@H]2CCCO2)c1. The number of nitrogens with one attached hydrogen (secondary N) is 1. The van der Waals surface area contributed by atoms with Gasteiger partial charge in [-0.05, 0) is 43.0 Å². The van der Waals surface area contributed by atoms with Gasteiger partial charge in [0.05, 0.1) is 12.5 Å². The van der Waals surface area contributed by atoms with Crippen LogP contribution in [0.5, 0.6) is 5.75 Å². The number of rotatable bonds is 6. The summed E-state index contributed by atoms with van der Waals surface area (Å²) < 4.78 is 11.3. The molecule has 24 heavy (non-hydrogen) atoms. The van der Waals surface area contributed by atoms with Crippen LogP contribution in [-0.4, -0.2) is 25.2 Å². The van der Waals surface area contributed by atoms with Crippen LogP contribution in [0, 0.1) is 6.92 Å². The van der Waals surface area contributed by atoms with Crippen LogP contribution in [0.15, 0.2) is 48.5 Å². The van der Waals surface area contributed by atoms with Gasteiger partial charge in [0.2, 0.25) is 5.91 Å². The second kappa shape index (κ2) is 7.97. The van der Waals surface area contributed by atoms with E-state index in [1.54, 1.807) is 0 Å². The Bertz CT molecular complexity index is 693. The van der Waals surface area contributed by atoms with Crippen LogP contribution in [0.4, 0.5) is 5.69 Å². The van der Waals surface area contributed by atoms with Crippen LogP contribution in [0.25, 0.3) is 0 Å². The molecule has 0 spiro atoms. The Balaban J connectivity index is 1.55. The normalized spacial score (nSPS) is 16.8. The van der Waals surface area contributed by atoms with E-state index in [2.05, 4.69) is 5.32 Å². The maximum Gasteiger partial charge on any atom is 0.228 e. The van der Waals surface area contributed by atoms with E-state index < -0.39 is 0 Å². The van der Waals surface area contributed by atoms with Gasteiger partial charge >= 0.3 is 0 Å². The topological polar surface area (TPSA) is 47.6 Å². The summed E-state index contributed by atoms with van der Waals surface area (Å²) in [6, 6.07) is 15.4. The Morgan fingerprint density at radius 3 is 2.92 bits per heavy atom. The molecule has 1 aliphatic rings. The summed E-state index contributed by atoms with van der Waals surface area (Å²) in [5.74, 6) is 0.722. The first kappa shape index (κ1) is 16.5. The van der Waals surface area contributed by atoms with E-state index >= 15 is 0 Å². The summed E-state index contributed by atoms with van der Waals surface area (Å²) in [5, 5.41) is 2.94. The zero-order valence-corrected chi connectivity index (χ0v) is 14.0. The number of amides is 1. The summed E-state index contributed by atoms with van der Waals surface area (Å²) in [5.41, 5.74) is 2.92. The van der Waals surface area contributed by atoms with E-state index in [1.165, 1.54) is 0 Å². The van der Waals surface area contributed by atoms with Crippen molar-refractivity contribution in [3.05, 3.63) is 59.7 Å². The first-order valence-electron chi connectivity index (χ1n) is 8.39. The van der Waals surface area contributed by atoms with Crippen LogP contribution in [0.3, 0.4) is 0 Å². The van der Waals surface area contributed by atoms with Crippen LogP contribution in [-0.2, 0) is 16.0 Å². The van der Waals surface area contributed by atoms with Crippen molar-refractivity contribution in [3.63, 3.8) is 0 Å². The molecule has 3 rings (SSSR count). The Kier molecular flexibility index (Phi) is 5.49. The molecular formula is C20H23NO3. The average molecular weight is 325 g/mol. The highest BCUT2D eigenvalue weighted by Crippen LogP contribution is 2.20. The Labute approximate surface area is 142 Å². The molecule has 4 nitrogen and oxygen atoms in total. The fourth-order valence-electron chi connectivity index (χ4n) is 2.82. The quantitative estimate of drug-likeness (QED) is 0.880. The highest BCUT2D eigenvalue weighted by molar-refractivity contribution is 5.92. The van der Waals surface area contributed by atoms with Crippen LogP contribution in [0.2, 0.25) is 0 Å². The van der Waals surface area contributed by atoms with Crippen LogP contribution < -0.4 is 10.1 Å². The van der Waals surface area contributed by atoms with Gasteiger partial charge in [-0.25, -0.2) is 0 Å². The van der Waals surface area contributed by atoms with Gasteiger partial charge in [-0.2, -0.15) is 0 Å². The van der Waals surface area contributed by atoms with Gasteiger partial charge in [-0.15, -0.1) is 0 Å². The number of anilines is 1. The second-order valence-electron chi connectivity index (χ2n) is 6.13. The largest absolute Gasteiger partial charge is 0.491 e. The van der Waals surface area contributed by atoms with Crippen molar-refractivity contribution >= 4 is 11.6 Å². The number of benzene rings is 2. The molecule has 0 bridgehead atoms. The summed E-state index contributed by atoms with van der Waals surface area (Å²) in [4.78, 5) is 12.2. The molecule has 1 atom stereocenters. The second-order valence-corrected chi connectivity index (χ2v) is 6.13. The van der Waals surface area contributed by atoms with E-state index in [0.717, 1.165) is 42.0 Å². The standard InChI is InChI=1S/C20H23NO3/c1-15-6-2-3-7-16(15)12-20(22)21-17-8-4-9-18(13-17)24-14-19-10-5-11-23-19/h2-4,6-9,13,19H,5,10-12,14H2,1H3,(H,21,22)/t19-/m0/s1. The zero-order chi connectivity index (χ0) is 16.8. The highest BCUT2D eigenvalue weighted by Gasteiger charge is 2.16. The summed E-state index contributed by atoms with van der Waals surface area (Å²) >= 11 is 0. The minimum atomic E-state index is -0.0272. The number of hydrogen-bond donors (Lipinski definition) is 1. The first-order valence-corrected chi connectivity index (χ1v) is 8.39. The van der Waals surface area contributed by atoms with Crippen molar-refractivity contribution in [3.8, 4) is 5.75 Å². The molecule has 0 unspecified atom stereocenters. The highest BCUT2D eigenvalue weighted by atomic mass is 16.5. The minimum absolute atomic E-state index is 0.0272. The molecule has 1 fully saturated rings.